The van der Waals surface area contributed by atoms with Crippen molar-refractivity contribution in [2.75, 3.05) is 27.4 Å². The third kappa shape index (κ3) is 5.81. The molecule has 4 nitrogen and oxygen atoms in total. The van der Waals surface area contributed by atoms with Crippen LogP contribution in [0.3, 0.4) is 0 Å². The van der Waals surface area contributed by atoms with Crippen LogP contribution in [0.5, 0.6) is 0 Å². The van der Waals surface area contributed by atoms with Crippen LogP contribution in [0, 0.1) is 11.2 Å². The molecule has 0 heterocycles. The molecule has 1 aromatic carbocycles. The summed E-state index contributed by atoms with van der Waals surface area (Å²) in [5.74, 6) is -1.22. The van der Waals surface area contributed by atoms with E-state index in [0.29, 0.717) is 6.54 Å². The molecule has 0 unspecified atom stereocenters. The van der Waals surface area contributed by atoms with Crippen molar-refractivity contribution in [2.45, 2.75) is 26.8 Å². The number of hydrogen-bond acceptors (Lipinski definition) is 4. The minimum absolute atomic E-state index is 0.0401. The lowest BCUT2D eigenvalue weighted by Crippen LogP contribution is -2.30. The Labute approximate surface area is 125 Å². The Kier molecular flexibility index (Phi) is 6.78. The maximum atomic E-state index is 13.8. The van der Waals surface area contributed by atoms with Gasteiger partial charge in [0, 0.05) is 26.8 Å². The molecular formula is C16H24FNO3. The van der Waals surface area contributed by atoms with Gasteiger partial charge in [0.15, 0.2) is 0 Å². The standard InChI is InChI=1S/C16H24FNO3/c1-16(2,7-8-20-3)11-18-10-12-5-6-13(14(17)9-12)15(19)21-4/h5-6,9,18H,7-8,10-11H2,1-4H3. The summed E-state index contributed by atoms with van der Waals surface area (Å²) in [6.07, 6.45) is 0.951. The Morgan fingerprint density at radius 2 is 2.05 bits per heavy atom. The number of ether oxygens (including phenoxy) is 2. The first-order valence-electron chi connectivity index (χ1n) is 6.96. The molecule has 0 atom stereocenters. The van der Waals surface area contributed by atoms with E-state index < -0.39 is 11.8 Å². The monoisotopic (exact) mass is 297 g/mol. The summed E-state index contributed by atoms with van der Waals surface area (Å²) in [6.45, 7) is 6.38. The van der Waals surface area contributed by atoms with Crippen LogP contribution in [0.25, 0.3) is 0 Å². The van der Waals surface area contributed by atoms with Crippen LogP contribution in [0.15, 0.2) is 18.2 Å². The van der Waals surface area contributed by atoms with Crippen molar-refractivity contribution >= 4 is 5.97 Å². The van der Waals surface area contributed by atoms with Crippen LogP contribution in [-0.4, -0.2) is 33.3 Å². The highest BCUT2D eigenvalue weighted by Gasteiger charge is 2.17. The number of benzene rings is 1. The summed E-state index contributed by atoms with van der Waals surface area (Å²) in [5.41, 5.74) is 0.866. The molecule has 0 radical (unpaired) electrons. The predicted molar refractivity (Wildman–Crippen MR) is 79.7 cm³/mol. The van der Waals surface area contributed by atoms with E-state index in [9.17, 15) is 9.18 Å². The fraction of sp³-hybridized carbons (Fsp3) is 0.562. The maximum absolute atomic E-state index is 13.8. The number of carbonyl (C=O) groups excluding carboxylic acids is 1. The second-order valence-corrected chi connectivity index (χ2v) is 5.82. The second-order valence-electron chi connectivity index (χ2n) is 5.82. The predicted octanol–water partition coefficient (Wildman–Crippen LogP) is 2.76. The molecule has 0 aliphatic rings. The van der Waals surface area contributed by atoms with Gasteiger partial charge in [-0.2, -0.15) is 0 Å². The van der Waals surface area contributed by atoms with Crippen LogP contribution >= 0.6 is 0 Å². The summed E-state index contributed by atoms with van der Waals surface area (Å²) in [5, 5.41) is 3.30. The van der Waals surface area contributed by atoms with E-state index in [1.807, 2.05) is 0 Å². The van der Waals surface area contributed by atoms with E-state index in [-0.39, 0.29) is 11.0 Å². The van der Waals surface area contributed by atoms with Crippen LogP contribution in [0.2, 0.25) is 0 Å². The van der Waals surface area contributed by atoms with Crippen molar-refractivity contribution in [3.63, 3.8) is 0 Å². The summed E-state index contributed by atoms with van der Waals surface area (Å²) in [7, 11) is 2.93. The van der Waals surface area contributed by atoms with Crippen molar-refractivity contribution in [2.24, 2.45) is 5.41 Å². The number of methoxy groups -OCH3 is 2. The lowest BCUT2D eigenvalue weighted by Gasteiger charge is -2.24. The van der Waals surface area contributed by atoms with E-state index in [4.69, 9.17) is 4.74 Å². The number of rotatable bonds is 8. The fourth-order valence-electron chi connectivity index (χ4n) is 1.96. The van der Waals surface area contributed by atoms with E-state index in [2.05, 4.69) is 23.9 Å². The summed E-state index contributed by atoms with van der Waals surface area (Å²) in [6, 6.07) is 4.54. The van der Waals surface area contributed by atoms with Gasteiger partial charge < -0.3 is 14.8 Å². The molecule has 0 aromatic heterocycles. The van der Waals surface area contributed by atoms with Crippen LogP contribution in [0.4, 0.5) is 4.39 Å². The number of hydrogen-bond donors (Lipinski definition) is 1. The fourth-order valence-corrected chi connectivity index (χ4v) is 1.96. The molecule has 0 spiro atoms. The molecule has 0 saturated heterocycles. The topological polar surface area (TPSA) is 47.6 Å². The van der Waals surface area contributed by atoms with Gasteiger partial charge in [0.1, 0.15) is 5.82 Å². The van der Waals surface area contributed by atoms with E-state index in [1.165, 1.54) is 19.2 Å². The van der Waals surface area contributed by atoms with Gasteiger partial charge in [-0.05, 0) is 29.5 Å². The number of halogens is 1. The Bertz CT molecular complexity index is 475. The molecule has 1 rings (SSSR count). The van der Waals surface area contributed by atoms with Gasteiger partial charge in [-0.15, -0.1) is 0 Å². The molecule has 0 bridgehead atoms. The zero-order chi connectivity index (χ0) is 15.9. The largest absolute Gasteiger partial charge is 0.465 e. The summed E-state index contributed by atoms with van der Waals surface area (Å²) < 4.78 is 23.4. The molecule has 0 aliphatic carbocycles. The van der Waals surface area contributed by atoms with E-state index in [1.54, 1.807) is 13.2 Å². The van der Waals surface area contributed by atoms with Crippen molar-refractivity contribution in [3.05, 3.63) is 35.1 Å². The molecule has 0 aliphatic heterocycles. The minimum atomic E-state index is -0.660. The van der Waals surface area contributed by atoms with Crippen molar-refractivity contribution in [3.8, 4) is 0 Å². The Hall–Kier alpha value is -1.46. The molecule has 0 saturated carbocycles. The van der Waals surface area contributed by atoms with Crippen molar-refractivity contribution in [1.82, 2.24) is 5.32 Å². The Morgan fingerprint density at radius 3 is 2.62 bits per heavy atom. The average Bonchev–Trinajstić information content (AvgIpc) is 2.44. The van der Waals surface area contributed by atoms with Gasteiger partial charge in [0.25, 0.3) is 0 Å². The first kappa shape index (κ1) is 17.6. The smallest absolute Gasteiger partial charge is 0.340 e. The lowest BCUT2D eigenvalue weighted by atomic mass is 9.89. The molecule has 0 amide bonds. The Balaban J connectivity index is 2.53. The first-order chi connectivity index (χ1) is 9.89. The minimum Gasteiger partial charge on any atom is -0.465 e. The quantitative estimate of drug-likeness (QED) is 0.750. The normalized spacial score (nSPS) is 11.5. The van der Waals surface area contributed by atoms with Crippen molar-refractivity contribution < 1.29 is 18.7 Å². The SMILES string of the molecule is COCCC(C)(C)CNCc1ccc(C(=O)OC)c(F)c1. The highest BCUT2D eigenvalue weighted by atomic mass is 19.1. The highest BCUT2D eigenvalue weighted by Crippen LogP contribution is 2.19. The molecular weight excluding hydrogens is 273 g/mol. The molecule has 5 heteroatoms. The average molecular weight is 297 g/mol. The first-order valence-corrected chi connectivity index (χ1v) is 6.96. The summed E-state index contributed by atoms with van der Waals surface area (Å²) in [4.78, 5) is 11.3. The third-order valence-electron chi connectivity index (χ3n) is 3.35. The number of carbonyl (C=O) groups is 1. The van der Waals surface area contributed by atoms with Gasteiger partial charge in [0.05, 0.1) is 12.7 Å². The molecule has 1 N–H and O–H groups in total. The van der Waals surface area contributed by atoms with Crippen molar-refractivity contribution in [1.29, 1.82) is 0 Å². The van der Waals surface area contributed by atoms with Gasteiger partial charge >= 0.3 is 5.97 Å². The van der Waals surface area contributed by atoms with Crippen LogP contribution in [-0.2, 0) is 16.0 Å². The van der Waals surface area contributed by atoms with E-state index in [0.717, 1.165) is 25.1 Å². The van der Waals surface area contributed by atoms with Gasteiger partial charge in [0.2, 0.25) is 0 Å². The third-order valence-corrected chi connectivity index (χ3v) is 3.35. The maximum Gasteiger partial charge on any atom is 0.340 e. The Morgan fingerprint density at radius 1 is 1.33 bits per heavy atom. The van der Waals surface area contributed by atoms with Gasteiger partial charge in [-0.3, -0.25) is 0 Å². The van der Waals surface area contributed by atoms with E-state index >= 15 is 0 Å². The molecule has 1 aromatic rings. The van der Waals surface area contributed by atoms with Crippen LogP contribution < -0.4 is 5.32 Å². The molecule has 21 heavy (non-hydrogen) atoms. The number of esters is 1. The van der Waals surface area contributed by atoms with Gasteiger partial charge in [-0.1, -0.05) is 19.9 Å². The molecule has 118 valence electrons. The van der Waals surface area contributed by atoms with Gasteiger partial charge in [-0.25, -0.2) is 9.18 Å². The molecule has 0 fully saturated rings. The summed E-state index contributed by atoms with van der Waals surface area (Å²) >= 11 is 0. The lowest BCUT2D eigenvalue weighted by molar-refractivity contribution is 0.0595. The van der Waals surface area contributed by atoms with Crippen LogP contribution in [0.1, 0.15) is 36.2 Å². The highest BCUT2D eigenvalue weighted by molar-refractivity contribution is 5.89. The number of nitrogens with one attached hydrogen (secondary N) is 1. The zero-order valence-corrected chi connectivity index (χ0v) is 13.2. The second kappa shape index (κ2) is 8.10. The zero-order valence-electron chi connectivity index (χ0n) is 13.2.